The molecule has 1 heterocycles. The summed E-state index contributed by atoms with van der Waals surface area (Å²) in [6.45, 7) is 11.8. The third kappa shape index (κ3) is 8.98. The highest BCUT2D eigenvalue weighted by Crippen LogP contribution is 2.24. The molecule has 0 aromatic heterocycles. The molecule has 0 aliphatic carbocycles. The van der Waals surface area contributed by atoms with Crippen molar-refractivity contribution in [2.45, 2.75) is 39.7 Å². The maximum Gasteiger partial charge on any atom is 0.242 e. The first-order chi connectivity index (χ1) is 12.8. The van der Waals surface area contributed by atoms with E-state index in [4.69, 9.17) is 0 Å². The molecule has 1 saturated heterocycles. The molecule has 1 aliphatic heterocycles. The van der Waals surface area contributed by atoms with Crippen molar-refractivity contribution >= 4 is 57.5 Å². The van der Waals surface area contributed by atoms with Crippen LogP contribution in [0.3, 0.4) is 0 Å². The summed E-state index contributed by atoms with van der Waals surface area (Å²) < 4.78 is 1.10. The fourth-order valence-corrected chi connectivity index (χ4v) is 3.34. The highest BCUT2D eigenvalue weighted by atomic mass is 127. The molecule has 0 saturated carbocycles. The number of hydrogen-bond acceptors (Lipinski definition) is 3. The van der Waals surface area contributed by atoms with Crippen LogP contribution in [0.2, 0.25) is 0 Å². The summed E-state index contributed by atoms with van der Waals surface area (Å²) in [5, 5.41) is 9.53. The van der Waals surface area contributed by atoms with Gasteiger partial charge in [-0.25, -0.2) is 4.99 Å². The quantitative estimate of drug-likeness (QED) is 0.281. The van der Waals surface area contributed by atoms with Crippen LogP contribution < -0.4 is 20.9 Å². The first-order valence-electron chi connectivity index (χ1n) is 9.60. The van der Waals surface area contributed by atoms with Gasteiger partial charge in [0.05, 0.1) is 0 Å². The molecule has 1 aromatic carbocycles. The number of guanidine groups is 1. The summed E-state index contributed by atoms with van der Waals surface area (Å²) in [4.78, 5) is 18.8. The van der Waals surface area contributed by atoms with Gasteiger partial charge in [-0.1, -0.05) is 15.9 Å². The van der Waals surface area contributed by atoms with E-state index in [1.165, 1.54) is 5.69 Å². The van der Waals surface area contributed by atoms with Crippen LogP contribution in [-0.4, -0.2) is 50.1 Å². The Morgan fingerprint density at radius 1 is 1.25 bits per heavy atom. The van der Waals surface area contributed by atoms with Gasteiger partial charge >= 0.3 is 0 Å². The fourth-order valence-electron chi connectivity index (χ4n) is 3.08. The second kappa shape index (κ2) is 11.8. The Labute approximate surface area is 194 Å². The van der Waals surface area contributed by atoms with Crippen LogP contribution in [0.5, 0.6) is 0 Å². The minimum absolute atomic E-state index is 0. The number of nitrogens with one attached hydrogen (secondary N) is 3. The average Bonchev–Trinajstić information content (AvgIpc) is 3.05. The smallest absolute Gasteiger partial charge is 0.242 e. The van der Waals surface area contributed by atoms with Crippen molar-refractivity contribution in [2.75, 3.05) is 37.6 Å². The lowest BCUT2D eigenvalue weighted by Crippen LogP contribution is -2.44. The van der Waals surface area contributed by atoms with Crippen LogP contribution in [0.1, 0.15) is 34.1 Å². The molecule has 1 aromatic rings. The molecule has 0 spiro atoms. The molecular formula is C20H33BrIN5O. The maximum atomic E-state index is 12.0. The minimum atomic E-state index is -0.237. The van der Waals surface area contributed by atoms with E-state index in [-0.39, 0.29) is 42.0 Å². The van der Waals surface area contributed by atoms with Gasteiger partial charge in [-0.2, -0.15) is 0 Å². The van der Waals surface area contributed by atoms with Crippen molar-refractivity contribution in [3.63, 3.8) is 0 Å². The Hall–Kier alpha value is -1.03. The molecule has 0 bridgehead atoms. The first-order valence-corrected chi connectivity index (χ1v) is 10.4. The Bertz CT molecular complexity index is 645. The molecule has 158 valence electrons. The van der Waals surface area contributed by atoms with Crippen molar-refractivity contribution in [3.8, 4) is 0 Å². The van der Waals surface area contributed by atoms with E-state index < -0.39 is 0 Å². The van der Waals surface area contributed by atoms with Gasteiger partial charge in [0.1, 0.15) is 6.54 Å². The molecular weight excluding hydrogens is 533 g/mol. The summed E-state index contributed by atoms with van der Waals surface area (Å²) >= 11 is 3.49. The molecule has 3 N–H and O–H groups in total. The number of halogens is 2. The Kier molecular flexibility index (Phi) is 10.6. The highest BCUT2D eigenvalue weighted by Gasteiger charge is 2.23. The van der Waals surface area contributed by atoms with Crippen molar-refractivity contribution < 1.29 is 4.79 Å². The third-order valence-corrected chi connectivity index (χ3v) is 4.80. The van der Waals surface area contributed by atoms with Crippen LogP contribution in [0.25, 0.3) is 0 Å². The lowest BCUT2D eigenvalue weighted by atomic mass is 10.1. The van der Waals surface area contributed by atoms with E-state index in [2.05, 4.69) is 66.0 Å². The van der Waals surface area contributed by atoms with Gasteiger partial charge in [-0.15, -0.1) is 24.0 Å². The second-order valence-corrected chi connectivity index (χ2v) is 8.87. The second-order valence-electron chi connectivity index (χ2n) is 7.95. The van der Waals surface area contributed by atoms with E-state index in [0.717, 1.165) is 37.1 Å². The summed E-state index contributed by atoms with van der Waals surface area (Å²) in [6.07, 6.45) is 1.15. The van der Waals surface area contributed by atoms with E-state index in [0.29, 0.717) is 11.9 Å². The number of rotatable bonds is 6. The molecule has 6 nitrogen and oxygen atoms in total. The summed E-state index contributed by atoms with van der Waals surface area (Å²) in [7, 11) is 0. The Balaban J connectivity index is 0.00000392. The topological polar surface area (TPSA) is 68.8 Å². The van der Waals surface area contributed by atoms with Gasteiger partial charge in [0.25, 0.3) is 0 Å². The largest absolute Gasteiger partial charge is 0.371 e. The molecule has 1 amide bonds. The summed E-state index contributed by atoms with van der Waals surface area (Å²) in [6, 6.07) is 8.47. The zero-order chi connectivity index (χ0) is 19.9. The Morgan fingerprint density at radius 2 is 1.93 bits per heavy atom. The van der Waals surface area contributed by atoms with Gasteiger partial charge < -0.3 is 20.9 Å². The number of hydrogen-bond donors (Lipinski definition) is 3. The van der Waals surface area contributed by atoms with E-state index >= 15 is 0 Å². The molecule has 1 unspecified atom stereocenters. The lowest BCUT2D eigenvalue weighted by molar-refractivity contribution is -0.121. The first kappa shape index (κ1) is 25.0. The highest BCUT2D eigenvalue weighted by molar-refractivity contribution is 14.0. The van der Waals surface area contributed by atoms with E-state index in [1.807, 2.05) is 27.7 Å². The van der Waals surface area contributed by atoms with Crippen molar-refractivity contribution in [1.82, 2.24) is 16.0 Å². The monoisotopic (exact) mass is 565 g/mol. The minimum Gasteiger partial charge on any atom is -0.371 e. The van der Waals surface area contributed by atoms with Gasteiger partial charge in [-0.3, -0.25) is 4.79 Å². The van der Waals surface area contributed by atoms with E-state index in [9.17, 15) is 4.79 Å². The molecule has 28 heavy (non-hydrogen) atoms. The number of nitrogens with zero attached hydrogens (tertiary/aromatic N) is 2. The van der Waals surface area contributed by atoms with Crippen LogP contribution in [0, 0.1) is 5.92 Å². The predicted molar refractivity (Wildman–Crippen MR) is 132 cm³/mol. The van der Waals surface area contributed by atoms with Gasteiger partial charge in [0.15, 0.2) is 5.96 Å². The number of amides is 1. The molecule has 1 fully saturated rings. The van der Waals surface area contributed by atoms with Crippen LogP contribution in [-0.2, 0) is 4.79 Å². The van der Waals surface area contributed by atoms with Crippen molar-refractivity contribution in [1.29, 1.82) is 0 Å². The molecule has 1 aliphatic rings. The van der Waals surface area contributed by atoms with Gasteiger partial charge in [-0.05, 0) is 64.3 Å². The van der Waals surface area contributed by atoms with Gasteiger partial charge in [0.2, 0.25) is 5.91 Å². The number of anilines is 1. The molecule has 8 heteroatoms. The number of aliphatic imine (C=N–C) groups is 1. The molecule has 0 radical (unpaired) electrons. The van der Waals surface area contributed by atoms with Crippen molar-refractivity contribution in [3.05, 3.63) is 28.7 Å². The standard InChI is InChI=1S/C20H32BrN5O.HI/c1-5-22-19(24-13-18(27)25-20(2,3)4)23-12-15-10-11-26(14-15)17-8-6-16(21)7-9-17;/h6-9,15H,5,10-14H2,1-4H3,(H,25,27)(H2,22,23,24);1H. The third-order valence-electron chi connectivity index (χ3n) is 4.28. The lowest BCUT2D eigenvalue weighted by Gasteiger charge is -2.20. The normalized spacial score (nSPS) is 17.1. The number of benzene rings is 1. The molecule has 1 atom stereocenters. The predicted octanol–water partition coefficient (Wildman–Crippen LogP) is 3.36. The van der Waals surface area contributed by atoms with Crippen LogP contribution in [0.4, 0.5) is 5.69 Å². The molecule has 2 rings (SSSR count). The maximum absolute atomic E-state index is 12.0. The average molecular weight is 566 g/mol. The summed E-state index contributed by atoms with van der Waals surface area (Å²) in [5.74, 6) is 1.19. The zero-order valence-electron chi connectivity index (χ0n) is 17.2. The van der Waals surface area contributed by atoms with Crippen LogP contribution in [0.15, 0.2) is 33.7 Å². The SMILES string of the molecule is CCNC(=NCC(=O)NC(C)(C)C)NCC1CCN(c2ccc(Br)cc2)C1.I. The number of carbonyl (C=O) groups excluding carboxylic acids is 1. The van der Waals surface area contributed by atoms with Crippen LogP contribution >= 0.6 is 39.9 Å². The fraction of sp³-hybridized carbons (Fsp3) is 0.600. The van der Waals surface area contributed by atoms with E-state index in [1.54, 1.807) is 0 Å². The summed E-state index contributed by atoms with van der Waals surface area (Å²) in [5.41, 5.74) is 1.03. The Morgan fingerprint density at radius 3 is 2.54 bits per heavy atom. The van der Waals surface area contributed by atoms with Crippen molar-refractivity contribution in [2.24, 2.45) is 10.9 Å². The number of carbonyl (C=O) groups is 1. The van der Waals surface area contributed by atoms with Gasteiger partial charge in [0, 0.05) is 41.9 Å². The zero-order valence-corrected chi connectivity index (χ0v) is 21.1.